The highest BCUT2D eigenvalue weighted by Gasteiger charge is 2.34. The lowest BCUT2D eigenvalue weighted by Gasteiger charge is -2.25. The van der Waals surface area contributed by atoms with Crippen LogP contribution < -0.4 is 5.32 Å². The number of hydrogen-bond acceptors (Lipinski definition) is 6. The monoisotopic (exact) mass is 470 g/mol. The van der Waals surface area contributed by atoms with Gasteiger partial charge in [-0.2, -0.15) is 31.6 Å². The van der Waals surface area contributed by atoms with Gasteiger partial charge in [-0.3, -0.25) is 4.79 Å². The first-order valence-electron chi connectivity index (χ1n) is 9.41. The Hall–Kier alpha value is -3.69. The number of halogens is 6. The quantitative estimate of drug-likeness (QED) is 0.491. The minimum atomic E-state index is -4.65. The normalized spacial score (nSPS) is 12.6. The van der Waals surface area contributed by atoms with Crippen LogP contribution in [0.1, 0.15) is 37.8 Å². The maximum atomic E-state index is 13.1. The summed E-state index contributed by atoms with van der Waals surface area (Å²) >= 11 is 0. The molecule has 0 spiro atoms. The van der Waals surface area contributed by atoms with Crippen LogP contribution in [-0.4, -0.2) is 37.4 Å². The maximum Gasteiger partial charge on any atom is 0.417 e. The molecule has 3 aromatic rings. The van der Waals surface area contributed by atoms with E-state index in [1.165, 1.54) is 20.0 Å². The molecule has 0 bridgehead atoms. The molecule has 0 atom stereocenters. The van der Waals surface area contributed by atoms with Crippen molar-refractivity contribution in [2.24, 2.45) is 0 Å². The van der Waals surface area contributed by atoms with Crippen LogP contribution in [0, 0.1) is 11.3 Å². The number of Topliss-reactive ketones (excluding diaryl/α,β-unsaturated/α-hetero) is 1. The van der Waals surface area contributed by atoms with Crippen molar-refractivity contribution in [3.05, 3.63) is 35.8 Å². The van der Waals surface area contributed by atoms with Gasteiger partial charge in [-0.15, -0.1) is 0 Å². The summed E-state index contributed by atoms with van der Waals surface area (Å²) in [5, 5.41) is 12.1. The SMILES string of the molecule is CC(C)(Nc1ncc(C#N)c(-c2c[nH]c3ncc(C(F)(F)F)cc23)n1)C(=O)CCC(F)(F)F. The summed E-state index contributed by atoms with van der Waals surface area (Å²) in [6, 6.07) is 2.70. The number of pyridine rings is 1. The van der Waals surface area contributed by atoms with Crippen molar-refractivity contribution in [1.82, 2.24) is 19.9 Å². The van der Waals surface area contributed by atoms with Crippen LogP contribution in [0.3, 0.4) is 0 Å². The van der Waals surface area contributed by atoms with E-state index >= 15 is 0 Å². The van der Waals surface area contributed by atoms with E-state index in [2.05, 4.69) is 25.3 Å². The highest BCUT2D eigenvalue weighted by atomic mass is 19.4. The molecule has 0 fully saturated rings. The second kappa shape index (κ2) is 8.34. The first kappa shape index (κ1) is 24.0. The van der Waals surface area contributed by atoms with E-state index in [0.29, 0.717) is 6.20 Å². The number of ketones is 1. The highest BCUT2D eigenvalue weighted by Crippen LogP contribution is 2.35. The summed E-state index contributed by atoms with van der Waals surface area (Å²) in [4.78, 5) is 26.8. The van der Waals surface area contributed by atoms with Gasteiger partial charge in [0.2, 0.25) is 5.95 Å². The number of hydrogen-bond donors (Lipinski definition) is 2. The van der Waals surface area contributed by atoms with Gasteiger partial charge in [0, 0.05) is 29.8 Å². The van der Waals surface area contributed by atoms with Crippen molar-refractivity contribution < 1.29 is 31.1 Å². The Morgan fingerprint density at radius 3 is 2.45 bits per heavy atom. The molecule has 0 aliphatic carbocycles. The first-order chi connectivity index (χ1) is 15.2. The number of nitrogens with zero attached hydrogens (tertiary/aromatic N) is 4. The minimum absolute atomic E-state index is 0.0408. The Morgan fingerprint density at radius 2 is 1.85 bits per heavy atom. The molecule has 174 valence electrons. The van der Waals surface area contributed by atoms with Gasteiger partial charge in [0.05, 0.1) is 35.0 Å². The van der Waals surface area contributed by atoms with Crippen LogP contribution in [-0.2, 0) is 11.0 Å². The lowest BCUT2D eigenvalue weighted by Crippen LogP contribution is -2.41. The van der Waals surface area contributed by atoms with E-state index in [9.17, 15) is 36.4 Å². The Bertz CT molecular complexity index is 1240. The summed E-state index contributed by atoms with van der Waals surface area (Å²) in [6.45, 7) is 2.69. The summed E-state index contributed by atoms with van der Waals surface area (Å²) in [6.07, 6.45) is -8.11. The van der Waals surface area contributed by atoms with Gasteiger partial charge in [-0.1, -0.05) is 0 Å². The topological polar surface area (TPSA) is 107 Å². The molecule has 0 saturated carbocycles. The summed E-state index contributed by atoms with van der Waals surface area (Å²) in [5.41, 5.74) is -2.34. The third-order valence-corrected chi connectivity index (χ3v) is 4.78. The molecular formula is C20H16F6N6O. The lowest BCUT2D eigenvalue weighted by atomic mass is 9.95. The molecule has 0 unspecified atom stereocenters. The highest BCUT2D eigenvalue weighted by molar-refractivity contribution is 5.94. The Kier molecular flexibility index (Phi) is 6.06. The zero-order chi connectivity index (χ0) is 24.6. The van der Waals surface area contributed by atoms with Gasteiger partial charge in [0.15, 0.2) is 5.78 Å². The van der Waals surface area contributed by atoms with E-state index in [1.54, 1.807) is 0 Å². The Balaban J connectivity index is 1.99. The van der Waals surface area contributed by atoms with Gasteiger partial charge in [0.25, 0.3) is 0 Å². The summed E-state index contributed by atoms with van der Waals surface area (Å²) in [7, 11) is 0. The number of carbonyl (C=O) groups is 1. The number of aromatic amines is 1. The largest absolute Gasteiger partial charge is 0.417 e. The number of rotatable bonds is 6. The third-order valence-electron chi connectivity index (χ3n) is 4.78. The predicted octanol–water partition coefficient (Wildman–Crippen LogP) is 5.01. The zero-order valence-corrected chi connectivity index (χ0v) is 17.2. The number of anilines is 1. The fraction of sp³-hybridized carbons (Fsp3) is 0.350. The predicted molar refractivity (Wildman–Crippen MR) is 105 cm³/mol. The van der Waals surface area contributed by atoms with Crippen molar-refractivity contribution in [2.75, 3.05) is 5.32 Å². The van der Waals surface area contributed by atoms with E-state index in [1.807, 2.05) is 6.07 Å². The van der Waals surface area contributed by atoms with Gasteiger partial charge in [-0.25, -0.2) is 15.0 Å². The number of fused-ring (bicyclic) bond motifs is 1. The minimum Gasteiger partial charge on any atom is -0.345 e. The van der Waals surface area contributed by atoms with E-state index in [4.69, 9.17) is 0 Å². The van der Waals surface area contributed by atoms with Gasteiger partial charge in [-0.05, 0) is 19.9 Å². The van der Waals surface area contributed by atoms with Crippen LogP contribution in [0.4, 0.5) is 32.3 Å². The fourth-order valence-corrected chi connectivity index (χ4v) is 3.00. The van der Waals surface area contributed by atoms with Gasteiger partial charge < -0.3 is 10.3 Å². The van der Waals surface area contributed by atoms with Crippen molar-refractivity contribution in [3.63, 3.8) is 0 Å². The average Bonchev–Trinajstić information content (AvgIpc) is 3.13. The molecule has 2 N–H and O–H groups in total. The van der Waals surface area contributed by atoms with Crippen molar-refractivity contribution in [2.45, 2.75) is 44.6 Å². The second-order valence-corrected chi connectivity index (χ2v) is 7.68. The number of aromatic nitrogens is 4. The summed E-state index contributed by atoms with van der Waals surface area (Å²) < 4.78 is 76.7. The number of carbonyl (C=O) groups excluding carboxylic acids is 1. The first-order valence-corrected chi connectivity index (χ1v) is 9.41. The zero-order valence-electron chi connectivity index (χ0n) is 17.2. The van der Waals surface area contributed by atoms with Crippen molar-refractivity contribution in [1.29, 1.82) is 5.26 Å². The van der Waals surface area contributed by atoms with Gasteiger partial charge in [0.1, 0.15) is 11.7 Å². The molecule has 0 aliphatic rings. The molecule has 7 nitrogen and oxygen atoms in total. The fourth-order valence-electron chi connectivity index (χ4n) is 3.00. The molecule has 0 amide bonds. The molecule has 0 saturated heterocycles. The van der Waals surface area contributed by atoms with Gasteiger partial charge >= 0.3 is 12.4 Å². The number of H-pyrrole nitrogens is 1. The molecule has 3 rings (SSSR count). The molecule has 3 aromatic heterocycles. The molecular weight excluding hydrogens is 454 g/mol. The van der Waals surface area contributed by atoms with Crippen LogP contribution in [0.5, 0.6) is 0 Å². The molecule has 33 heavy (non-hydrogen) atoms. The number of nitrogens with one attached hydrogen (secondary N) is 2. The van der Waals surface area contributed by atoms with E-state index in [-0.39, 0.29) is 33.8 Å². The maximum absolute atomic E-state index is 13.1. The number of alkyl halides is 6. The molecule has 3 heterocycles. The van der Waals surface area contributed by atoms with Crippen LogP contribution in [0.15, 0.2) is 24.7 Å². The lowest BCUT2D eigenvalue weighted by molar-refractivity contribution is -0.144. The molecule has 13 heteroatoms. The molecule has 0 aliphatic heterocycles. The van der Waals surface area contributed by atoms with Crippen molar-refractivity contribution in [3.8, 4) is 17.3 Å². The second-order valence-electron chi connectivity index (χ2n) is 7.68. The number of nitriles is 1. The van der Waals surface area contributed by atoms with E-state index < -0.39 is 42.1 Å². The molecule has 0 radical (unpaired) electrons. The van der Waals surface area contributed by atoms with Crippen molar-refractivity contribution >= 4 is 22.8 Å². The average molecular weight is 470 g/mol. The van der Waals surface area contributed by atoms with Crippen LogP contribution in [0.25, 0.3) is 22.3 Å². The summed E-state index contributed by atoms with van der Waals surface area (Å²) in [5.74, 6) is -0.941. The Labute approximate surface area is 182 Å². The standard InChI is InChI=1S/C20H16F6N6O/c1-18(2,14(33)3-4-19(21,22)23)32-17-30-7-10(6-27)15(31-17)13-9-29-16-12(13)5-11(8-28-16)20(24,25)26/h5,7-9H,3-4H2,1-2H3,(H,28,29)(H,30,31,32). The third kappa shape index (κ3) is 5.39. The smallest absolute Gasteiger partial charge is 0.345 e. The molecule has 0 aromatic carbocycles. The Morgan fingerprint density at radius 1 is 1.15 bits per heavy atom. The van der Waals surface area contributed by atoms with Crippen LogP contribution >= 0.6 is 0 Å². The van der Waals surface area contributed by atoms with Crippen LogP contribution in [0.2, 0.25) is 0 Å². The van der Waals surface area contributed by atoms with E-state index in [0.717, 1.165) is 12.3 Å².